The summed E-state index contributed by atoms with van der Waals surface area (Å²) in [6.07, 6.45) is 0. The van der Waals surface area contributed by atoms with E-state index in [0.29, 0.717) is 21.5 Å². The van der Waals surface area contributed by atoms with E-state index in [4.69, 9.17) is 14.9 Å². The van der Waals surface area contributed by atoms with Crippen LogP contribution in [0.3, 0.4) is 0 Å². The highest BCUT2D eigenvalue weighted by Gasteiger charge is 2.07. The van der Waals surface area contributed by atoms with E-state index in [-0.39, 0.29) is 13.2 Å². The SMILES string of the molecule is OCc1nnc(Oc2ccccc2CO)s1. The molecule has 0 aliphatic carbocycles. The summed E-state index contributed by atoms with van der Waals surface area (Å²) in [6.45, 7) is -0.246. The molecule has 2 aromatic rings. The standard InChI is InChI=1S/C10H10N2O3S/c13-5-7-3-1-2-4-8(7)15-10-12-11-9(6-14)16-10/h1-4,13-14H,5-6H2. The molecule has 0 saturated carbocycles. The van der Waals surface area contributed by atoms with Crippen LogP contribution in [0.4, 0.5) is 0 Å². The van der Waals surface area contributed by atoms with Crippen LogP contribution >= 0.6 is 11.3 Å². The first-order valence-electron chi connectivity index (χ1n) is 4.63. The lowest BCUT2D eigenvalue weighted by Gasteiger charge is -2.05. The molecule has 0 amide bonds. The molecule has 84 valence electrons. The maximum Gasteiger partial charge on any atom is 0.299 e. The highest BCUT2D eigenvalue weighted by atomic mass is 32.1. The number of para-hydroxylation sites is 1. The molecular weight excluding hydrogens is 228 g/mol. The molecule has 16 heavy (non-hydrogen) atoms. The predicted octanol–water partition coefficient (Wildman–Crippen LogP) is 1.31. The van der Waals surface area contributed by atoms with Crippen molar-refractivity contribution < 1.29 is 14.9 Å². The number of rotatable bonds is 4. The van der Waals surface area contributed by atoms with E-state index in [1.807, 2.05) is 12.1 Å². The molecule has 0 atom stereocenters. The molecule has 1 aromatic heterocycles. The van der Waals surface area contributed by atoms with Gasteiger partial charge in [0.2, 0.25) is 0 Å². The van der Waals surface area contributed by atoms with E-state index >= 15 is 0 Å². The second kappa shape index (κ2) is 5.02. The smallest absolute Gasteiger partial charge is 0.299 e. The van der Waals surface area contributed by atoms with Crippen LogP contribution in [0.5, 0.6) is 10.9 Å². The molecule has 0 spiro atoms. The average Bonchev–Trinajstić information content (AvgIpc) is 2.77. The zero-order valence-electron chi connectivity index (χ0n) is 8.33. The van der Waals surface area contributed by atoms with Crippen LogP contribution in [0.25, 0.3) is 0 Å². The van der Waals surface area contributed by atoms with Gasteiger partial charge in [-0.1, -0.05) is 34.6 Å². The van der Waals surface area contributed by atoms with Gasteiger partial charge in [-0.05, 0) is 6.07 Å². The fourth-order valence-corrected chi connectivity index (χ4v) is 1.73. The summed E-state index contributed by atoms with van der Waals surface area (Å²) in [6, 6.07) is 7.13. The Hall–Kier alpha value is -1.50. The van der Waals surface area contributed by atoms with Gasteiger partial charge in [-0.3, -0.25) is 0 Å². The van der Waals surface area contributed by atoms with E-state index in [1.165, 1.54) is 11.3 Å². The Kier molecular flexibility index (Phi) is 3.45. The summed E-state index contributed by atoms with van der Waals surface area (Å²) >= 11 is 1.17. The van der Waals surface area contributed by atoms with Crippen molar-refractivity contribution >= 4 is 11.3 Å². The van der Waals surface area contributed by atoms with Crippen molar-refractivity contribution in [1.29, 1.82) is 0 Å². The van der Waals surface area contributed by atoms with E-state index in [9.17, 15) is 0 Å². The molecule has 0 fully saturated rings. The third kappa shape index (κ3) is 2.35. The first kappa shape index (κ1) is 11.0. The molecule has 5 nitrogen and oxygen atoms in total. The molecule has 0 aliphatic heterocycles. The normalized spacial score (nSPS) is 10.4. The van der Waals surface area contributed by atoms with E-state index in [1.54, 1.807) is 12.1 Å². The van der Waals surface area contributed by atoms with Gasteiger partial charge < -0.3 is 14.9 Å². The molecular formula is C10H10N2O3S. The summed E-state index contributed by atoms with van der Waals surface area (Å²) in [7, 11) is 0. The van der Waals surface area contributed by atoms with Crippen LogP contribution in [-0.2, 0) is 13.2 Å². The Balaban J connectivity index is 2.19. The summed E-state index contributed by atoms with van der Waals surface area (Å²) in [4.78, 5) is 0. The number of ether oxygens (including phenoxy) is 1. The van der Waals surface area contributed by atoms with Crippen LogP contribution in [0, 0.1) is 0 Å². The zero-order chi connectivity index (χ0) is 11.4. The maximum absolute atomic E-state index is 9.10. The van der Waals surface area contributed by atoms with Crippen molar-refractivity contribution in [2.24, 2.45) is 0 Å². The minimum atomic E-state index is -0.150. The molecule has 1 aromatic carbocycles. The van der Waals surface area contributed by atoms with Crippen molar-refractivity contribution in [2.45, 2.75) is 13.2 Å². The van der Waals surface area contributed by atoms with Gasteiger partial charge in [-0.25, -0.2) is 0 Å². The topological polar surface area (TPSA) is 75.5 Å². The number of aliphatic hydroxyl groups excluding tert-OH is 2. The second-order valence-corrected chi connectivity index (χ2v) is 4.01. The van der Waals surface area contributed by atoms with Crippen LogP contribution in [0.15, 0.2) is 24.3 Å². The lowest BCUT2D eigenvalue weighted by molar-refractivity contribution is 0.276. The fraction of sp³-hybridized carbons (Fsp3) is 0.200. The summed E-state index contributed by atoms with van der Waals surface area (Å²) in [5.74, 6) is 0.547. The lowest BCUT2D eigenvalue weighted by Crippen LogP contribution is -1.90. The number of aromatic nitrogens is 2. The first-order chi connectivity index (χ1) is 7.83. The summed E-state index contributed by atoms with van der Waals surface area (Å²) < 4.78 is 5.46. The van der Waals surface area contributed by atoms with Crippen LogP contribution in [-0.4, -0.2) is 20.4 Å². The summed E-state index contributed by atoms with van der Waals surface area (Å²) in [5.41, 5.74) is 0.684. The van der Waals surface area contributed by atoms with Crippen LogP contribution < -0.4 is 4.74 Å². The Morgan fingerprint density at radius 3 is 2.62 bits per heavy atom. The number of aliphatic hydroxyl groups is 2. The largest absolute Gasteiger partial charge is 0.429 e. The zero-order valence-corrected chi connectivity index (χ0v) is 9.15. The van der Waals surface area contributed by atoms with Gasteiger partial charge in [0.15, 0.2) is 0 Å². The molecule has 1 heterocycles. The quantitative estimate of drug-likeness (QED) is 0.840. The van der Waals surface area contributed by atoms with Gasteiger partial charge >= 0.3 is 0 Å². The van der Waals surface area contributed by atoms with E-state index < -0.39 is 0 Å². The van der Waals surface area contributed by atoms with E-state index in [2.05, 4.69) is 10.2 Å². The van der Waals surface area contributed by atoms with Crippen LogP contribution in [0.1, 0.15) is 10.6 Å². The predicted molar refractivity (Wildman–Crippen MR) is 58.3 cm³/mol. The molecule has 2 N–H and O–H groups in total. The van der Waals surface area contributed by atoms with Gasteiger partial charge in [0.1, 0.15) is 10.8 Å². The van der Waals surface area contributed by atoms with Crippen LogP contribution in [0.2, 0.25) is 0 Å². The Labute approximate surface area is 96.0 Å². The summed E-state index contributed by atoms with van der Waals surface area (Å²) in [5, 5.41) is 26.3. The maximum atomic E-state index is 9.10. The third-order valence-corrected chi connectivity index (χ3v) is 2.71. The van der Waals surface area contributed by atoms with Gasteiger partial charge in [-0.15, -0.1) is 5.10 Å². The third-order valence-electron chi connectivity index (χ3n) is 1.92. The molecule has 0 bridgehead atoms. The minimum absolute atomic E-state index is 0.0954. The van der Waals surface area contributed by atoms with E-state index in [0.717, 1.165) is 0 Å². The first-order valence-corrected chi connectivity index (χ1v) is 5.45. The molecule has 0 unspecified atom stereocenters. The van der Waals surface area contributed by atoms with Crippen molar-refractivity contribution in [2.75, 3.05) is 0 Å². The second-order valence-electron chi connectivity index (χ2n) is 2.99. The van der Waals surface area contributed by atoms with Gasteiger partial charge in [0, 0.05) is 5.56 Å². The van der Waals surface area contributed by atoms with Crippen molar-refractivity contribution in [3.63, 3.8) is 0 Å². The monoisotopic (exact) mass is 238 g/mol. The molecule has 2 rings (SSSR count). The molecule has 0 aliphatic rings. The molecule has 0 radical (unpaired) electrons. The van der Waals surface area contributed by atoms with Crippen molar-refractivity contribution in [3.8, 4) is 10.9 Å². The van der Waals surface area contributed by atoms with Gasteiger partial charge in [-0.2, -0.15) is 0 Å². The molecule has 0 saturated heterocycles. The molecule has 6 heteroatoms. The van der Waals surface area contributed by atoms with Gasteiger partial charge in [0.05, 0.1) is 13.2 Å². The van der Waals surface area contributed by atoms with Crippen molar-refractivity contribution in [3.05, 3.63) is 34.8 Å². The van der Waals surface area contributed by atoms with Crippen molar-refractivity contribution in [1.82, 2.24) is 10.2 Å². The Bertz CT molecular complexity index is 473. The van der Waals surface area contributed by atoms with Gasteiger partial charge in [0.25, 0.3) is 5.19 Å². The number of benzene rings is 1. The number of hydrogen-bond acceptors (Lipinski definition) is 6. The lowest BCUT2D eigenvalue weighted by atomic mass is 10.2. The Morgan fingerprint density at radius 1 is 1.12 bits per heavy atom. The average molecular weight is 238 g/mol. The number of nitrogens with zero attached hydrogens (tertiary/aromatic N) is 2. The number of hydrogen-bond donors (Lipinski definition) is 2. The Morgan fingerprint density at radius 2 is 1.94 bits per heavy atom. The highest BCUT2D eigenvalue weighted by Crippen LogP contribution is 2.27. The fourth-order valence-electron chi connectivity index (χ4n) is 1.17. The highest BCUT2D eigenvalue weighted by molar-refractivity contribution is 7.13. The minimum Gasteiger partial charge on any atom is -0.429 e.